The lowest BCUT2D eigenvalue weighted by Crippen LogP contribution is -2.56. The van der Waals surface area contributed by atoms with Crippen molar-refractivity contribution in [2.24, 2.45) is 4.99 Å². The predicted octanol–water partition coefficient (Wildman–Crippen LogP) is 1.45. The van der Waals surface area contributed by atoms with Gasteiger partial charge in [-0.3, -0.25) is 19.6 Å². The molecule has 4 aliphatic heterocycles. The number of rotatable bonds is 6. The van der Waals surface area contributed by atoms with E-state index in [1.807, 2.05) is 4.90 Å². The Hall–Kier alpha value is -0.650. The van der Waals surface area contributed by atoms with Gasteiger partial charge in [0.25, 0.3) is 0 Å². The highest BCUT2D eigenvalue weighted by Gasteiger charge is 2.39. The summed E-state index contributed by atoms with van der Waals surface area (Å²) in [5.74, 6) is 1.34. The number of ether oxygens (including phenoxy) is 1. The van der Waals surface area contributed by atoms with Gasteiger partial charge in [0.15, 0.2) is 5.96 Å². The normalized spacial score (nSPS) is 25.1. The highest BCUT2D eigenvalue weighted by molar-refractivity contribution is 14.0. The van der Waals surface area contributed by atoms with Crippen molar-refractivity contribution in [1.29, 1.82) is 0 Å². The summed E-state index contributed by atoms with van der Waals surface area (Å²) < 4.78 is 5.70. The minimum Gasteiger partial charge on any atom is -0.381 e. The molecule has 0 radical (unpaired) electrons. The Morgan fingerprint density at radius 3 is 2.16 bits per heavy atom. The molecule has 9 heteroatoms. The van der Waals surface area contributed by atoms with E-state index in [0.29, 0.717) is 12.5 Å². The largest absolute Gasteiger partial charge is 0.381 e. The Labute approximate surface area is 211 Å². The molecule has 1 amide bonds. The number of amides is 1. The van der Waals surface area contributed by atoms with Gasteiger partial charge < -0.3 is 19.9 Å². The van der Waals surface area contributed by atoms with E-state index in [0.717, 1.165) is 97.2 Å². The number of nitrogens with zero attached hydrogens (tertiary/aromatic N) is 5. The lowest BCUT2D eigenvalue weighted by atomic mass is 9.88. The second kappa shape index (κ2) is 12.7. The Morgan fingerprint density at radius 2 is 1.53 bits per heavy atom. The van der Waals surface area contributed by atoms with Crippen LogP contribution in [-0.4, -0.2) is 122 Å². The number of nitrogens with one attached hydrogen (secondary N) is 1. The minimum absolute atomic E-state index is 0. The molecule has 4 aliphatic rings. The average molecular weight is 563 g/mol. The number of hydrogen-bond donors (Lipinski definition) is 1. The van der Waals surface area contributed by atoms with Gasteiger partial charge >= 0.3 is 0 Å². The molecule has 4 fully saturated rings. The van der Waals surface area contributed by atoms with Gasteiger partial charge in [0.05, 0.1) is 13.1 Å². The van der Waals surface area contributed by atoms with Crippen LogP contribution in [-0.2, 0) is 9.53 Å². The van der Waals surface area contributed by atoms with Gasteiger partial charge in [-0.1, -0.05) is 0 Å². The fourth-order valence-corrected chi connectivity index (χ4v) is 5.54. The minimum atomic E-state index is 0. The summed E-state index contributed by atoms with van der Waals surface area (Å²) in [4.78, 5) is 27.1. The van der Waals surface area contributed by atoms with Gasteiger partial charge in [0, 0.05) is 64.6 Å². The van der Waals surface area contributed by atoms with Crippen molar-refractivity contribution in [1.82, 2.24) is 24.9 Å². The van der Waals surface area contributed by atoms with E-state index in [4.69, 9.17) is 9.73 Å². The summed E-state index contributed by atoms with van der Waals surface area (Å²) in [6, 6.07) is 0. The quantitative estimate of drug-likeness (QED) is 0.301. The molecule has 0 bridgehead atoms. The summed E-state index contributed by atoms with van der Waals surface area (Å²) >= 11 is 0. The van der Waals surface area contributed by atoms with E-state index in [9.17, 15) is 4.79 Å². The summed E-state index contributed by atoms with van der Waals surface area (Å²) in [7, 11) is 0. The van der Waals surface area contributed by atoms with Crippen LogP contribution in [0.25, 0.3) is 0 Å². The maximum Gasteiger partial charge on any atom is 0.236 e. The van der Waals surface area contributed by atoms with E-state index in [1.165, 1.54) is 25.9 Å². The monoisotopic (exact) mass is 562 g/mol. The highest BCUT2D eigenvalue weighted by atomic mass is 127. The van der Waals surface area contributed by atoms with Crippen molar-refractivity contribution >= 4 is 35.8 Å². The Balaban J connectivity index is 0.00000289. The fourth-order valence-electron chi connectivity index (χ4n) is 5.54. The van der Waals surface area contributed by atoms with Crippen molar-refractivity contribution in [3.63, 3.8) is 0 Å². The van der Waals surface area contributed by atoms with E-state index in [-0.39, 0.29) is 29.5 Å². The smallest absolute Gasteiger partial charge is 0.236 e. The first-order chi connectivity index (χ1) is 15.2. The van der Waals surface area contributed by atoms with Crippen molar-refractivity contribution in [3.8, 4) is 0 Å². The fraction of sp³-hybridized carbons (Fsp3) is 0.913. The zero-order valence-electron chi connectivity index (χ0n) is 19.9. The molecular formula is C23H43IN6O2. The van der Waals surface area contributed by atoms with Crippen molar-refractivity contribution in [2.75, 3.05) is 85.2 Å². The molecule has 0 aromatic heterocycles. The molecule has 8 nitrogen and oxygen atoms in total. The second-order valence-electron chi connectivity index (χ2n) is 9.55. The van der Waals surface area contributed by atoms with E-state index < -0.39 is 0 Å². The highest BCUT2D eigenvalue weighted by Crippen LogP contribution is 2.31. The molecule has 0 aliphatic carbocycles. The van der Waals surface area contributed by atoms with Crippen molar-refractivity contribution in [3.05, 3.63) is 0 Å². The SMILES string of the molecule is CCNC(=NCC1(N2CCCC2)CCOCC1)N1CCN(CC(=O)N2CCCC2)CC1.I. The number of likely N-dealkylation sites (tertiary alicyclic amines) is 2. The van der Waals surface area contributed by atoms with Crippen molar-refractivity contribution in [2.45, 2.75) is 51.0 Å². The van der Waals surface area contributed by atoms with Crippen LogP contribution in [0.15, 0.2) is 4.99 Å². The first kappa shape index (κ1) is 26.0. The summed E-state index contributed by atoms with van der Waals surface area (Å²) in [6.45, 7) is 14.2. The van der Waals surface area contributed by atoms with E-state index >= 15 is 0 Å². The standard InChI is InChI=1S/C23H42N6O2.HI/c1-2-24-22(25-20-23(7-17-31-18-8-23)29-11-5-6-12-29)28-15-13-26(14-16-28)19-21(30)27-9-3-4-10-27;/h2-20H2,1H3,(H,24,25);1H. The molecule has 32 heavy (non-hydrogen) atoms. The molecule has 184 valence electrons. The number of aliphatic imine (C=N–C) groups is 1. The number of piperazine rings is 1. The molecule has 4 heterocycles. The Bertz CT molecular complexity index is 608. The van der Waals surface area contributed by atoms with Gasteiger partial charge in [-0.05, 0) is 58.5 Å². The van der Waals surface area contributed by atoms with Crippen LogP contribution in [0.5, 0.6) is 0 Å². The third-order valence-electron chi connectivity index (χ3n) is 7.55. The molecule has 0 aromatic rings. The lowest BCUT2D eigenvalue weighted by molar-refractivity contribution is -0.131. The number of guanidine groups is 1. The van der Waals surface area contributed by atoms with Gasteiger partial charge in [0.1, 0.15) is 0 Å². The maximum absolute atomic E-state index is 12.5. The number of halogens is 1. The lowest BCUT2D eigenvalue weighted by Gasteiger charge is -2.44. The molecule has 0 saturated carbocycles. The van der Waals surface area contributed by atoms with Crippen LogP contribution >= 0.6 is 24.0 Å². The third-order valence-corrected chi connectivity index (χ3v) is 7.55. The third kappa shape index (κ3) is 6.48. The first-order valence-corrected chi connectivity index (χ1v) is 12.6. The van der Waals surface area contributed by atoms with Crippen molar-refractivity contribution < 1.29 is 9.53 Å². The zero-order chi connectivity index (χ0) is 21.5. The van der Waals surface area contributed by atoms with Crippen LogP contribution in [0.1, 0.15) is 45.4 Å². The molecule has 4 saturated heterocycles. The molecule has 0 aromatic carbocycles. The number of hydrogen-bond acceptors (Lipinski definition) is 5. The van der Waals surface area contributed by atoms with Crippen LogP contribution in [0.2, 0.25) is 0 Å². The maximum atomic E-state index is 12.5. The predicted molar refractivity (Wildman–Crippen MR) is 139 cm³/mol. The van der Waals surface area contributed by atoms with Crippen LogP contribution in [0, 0.1) is 0 Å². The van der Waals surface area contributed by atoms with Crippen LogP contribution in [0.3, 0.4) is 0 Å². The van der Waals surface area contributed by atoms with Gasteiger partial charge in [-0.25, -0.2) is 0 Å². The topological polar surface area (TPSA) is 63.7 Å². The molecule has 1 N–H and O–H groups in total. The average Bonchev–Trinajstić information content (AvgIpc) is 3.53. The Morgan fingerprint density at radius 1 is 0.906 bits per heavy atom. The van der Waals surface area contributed by atoms with Gasteiger partial charge in [-0.2, -0.15) is 0 Å². The molecule has 4 rings (SSSR count). The van der Waals surface area contributed by atoms with Gasteiger partial charge in [0.2, 0.25) is 5.91 Å². The molecular weight excluding hydrogens is 519 g/mol. The molecule has 0 atom stereocenters. The molecule has 0 unspecified atom stereocenters. The summed E-state index contributed by atoms with van der Waals surface area (Å²) in [5, 5.41) is 3.53. The second-order valence-corrected chi connectivity index (χ2v) is 9.55. The number of carbonyl (C=O) groups is 1. The van der Waals surface area contributed by atoms with Crippen LogP contribution in [0.4, 0.5) is 0 Å². The van der Waals surface area contributed by atoms with E-state index in [2.05, 4.69) is 26.9 Å². The molecule has 0 spiro atoms. The Kier molecular flexibility index (Phi) is 10.3. The summed E-state index contributed by atoms with van der Waals surface area (Å²) in [5.41, 5.74) is 0.166. The van der Waals surface area contributed by atoms with E-state index in [1.54, 1.807) is 0 Å². The summed E-state index contributed by atoms with van der Waals surface area (Å²) in [6.07, 6.45) is 7.11. The first-order valence-electron chi connectivity index (χ1n) is 12.6. The van der Waals surface area contributed by atoms with Gasteiger partial charge in [-0.15, -0.1) is 24.0 Å². The number of carbonyl (C=O) groups excluding carboxylic acids is 1. The van der Waals surface area contributed by atoms with Crippen LogP contribution < -0.4 is 5.32 Å². The zero-order valence-corrected chi connectivity index (χ0v) is 22.2.